The molecule has 0 fully saturated rings. The summed E-state index contributed by atoms with van der Waals surface area (Å²) >= 11 is 0. The third-order valence-corrected chi connectivity index (χ3v) is 4.11. The van der Waals surface area contributed by atoms with Gasteiger partial charge in [0.1, 0.15) is 0 Å². The lowest BCUT2D eigenvalue weighted by atomic mass is 10.1. The Bertz CT molecular complexity index is 857. The van der Waals surface area contributed by atoms with Crippen molar-refractivity contribution in [1.82, 2.24) is 0 Å². The largest absolute Gasteiger partial charge is 0.490 e. The third kappa shape index (κ3) is 5.66. The second kappa shape index (κ2) is 9.35. The molecule has 2 aromatic rings. The van der Waals surface area contributed by atoms with E-state index in [2.05, 4.69) is 10.3 Å². The molecule has 0 atom stereocenters. The Hall–Kier alpha value is -2.17. The number of anilines is 1. The van der Waals surface area contributed by atoms with Crippen LogP contribution in [0.4, 0.5) is 18.9 Å². The molecule has 152 valence electrons. The highest BCUT2D eigenvalue weighted by Gasteiger charge is 2.30. The summed E-state index contributed by atoms with van der Waals surface area (Å²) in [5, 5.41) is 2.95. The number of fused-ring (bicyclic) bond motifs is 1. The fraction of sp³-hybridized carbons (Fsp3) is 0.316. The third-order valence-electron chi connectivity index (χ3n) is 4.11. The van der Waals surface area contributed by atoms with Gasteiger partial charge in [-0.3, -0.25) is 0 Å². The van der Waals surface area contributed by atoms with Crippen LogP contribution in [-0.2, 0) is 12.7 Å². The summed E-state index contributed by atoms with van der Waals surface area (Å²) in [7, 11) is 0. The molecule has 0 spiro atoms. The molecule has 3 N–H and O–H groups in total. The average Bonchev–Trinajstić information content (AvgIpc) is 2.84. The summed E-state index contributed by atoms with van der Waals surface area (Å²) in [6.45, 7) is 2.98. The molecule has 0 saturated carbocycles. The van der Waals surface area contributed by atoms with E-state index in [4.69, 9.17) is 15.2 Å². The van der Waals surface area contributed by atoms with Crippen molar-refractivity contribution in [2.24, 2.45) is 10.7 Å². The van der Waals surface area contributed by atoms with Crippen molar-refractivity contribution in [1.29, 1.82) is 0 Å². The summed E-state index contributed by atoms with van der Waals surface area (Å²) < 4.78 is 49.4. The maximum atomic E-state index is 12.7. The number of benzene rings is 2. The molecule has 1 aliphatic rings. The maximum absolute atomic E-state index is 12.7. The zero-order valence-corrected chi connectivity index (χ0v) is 17.5. The first-order valence-electron chi connectivity index (χ1n) is 8.46. The predicted molar refractivity (Wildman–Crippen MR) is 113 cm³/mol. The summed E-state index contributed by atoms with van der Waals surface area (Å²) in [5.74, 6) is 1.46. The molecule has 2 aromatic carbocycles. The van der Waals surface area contributed by atoms with E-state index < -0.39 is 11.7 Å². The molecule has 1 aliphatic heterocycles. The minimum Gasteiger partial charge on any atom is -0.490 e. The minimum atomic E-state index is -4.36. The van der Waals surface area contributed by atoms with E-state index in [0.29, 0.717) is 41.5 Å². The Morgan fingerprint density at radius 3 is 2.50 bits per heavy atom. The first-order valence-corrected chi connectivity index (χ1v) is 8.46. The van der Waals surface area contributed by atoms with E-state index in [0.717, 1.165) is 18.6 Å². The van der Waals surface area contributed by atoms with Crippen molar-refractivity contribution in [2.75, 3.05) is 18.5 Å². The number of aliphatic imine (C=N–C) groups is 1. The number of nitrogens with one attached hydrogen (secondary N) is 1. The molecule has 9 heteroatoms. The van der Waals surface area contributed by atoms with Crippen molar-refractivity contribution in [3.63, 3.8) is 0 Å². The number of guanidine groups is 1. The minimum absolute atomic E-state index is 0. The van der Waals surface area contributed by atoms with E-state index >= 15 is 0 Å². The van der Waals surface area contributed by atoms with Crippen molar-refractivity contribution in [2.45, 2.75) is 26.1 Å². The van der Waals surface area contributed by atoms with Crippen LogP contribution in [-0.4, -0.2) is 19.2 Å². The van der Waals surface area contributed by atoms with Gasteiger partial charge in [0.05, 0.1) is 25.3 Å². The number of nitrogens with two attached hydrogens (primary N) is 1. The van der Waals surface area contributed by atoms with Gasteiger partial charge in [0.25, 0.3) is 0 Å². The molecule has 0 unspecified atom stereocenters. The highest BCUT2D eigenvalue weighted by molar-refractivity contribution is 14.0. The number of nitrogens with zero attached hydrogens (tertiary/aromatic N) is 1. The van der Waals surface area contributed by atoms with Crippen LogP contribution in [0, 0.1) is 6.92 Å². The van der Waals surface area contributed by atoms with E-state index in [9.17, 15) is 13.2 Å². The Morgan fingerprint density at radius 2 is 1.82 bits per heavy atom. The lowest BCUT2D eigenvalue weighted by Gasteiger charge is -2.12. The number of aryl methyl sites for hydroxylation is 1. The molecule has 3 rings (SSSR count). The molecule has 1 heterocycles. The van der Waals surface area contributed by atoms with Crippen LogP contribution < -0.4 is 20.5 Å². The quantitative estimate of drug-likeness (QED) is 0.359. The molecule has 0 aromatic heterocycles. The van der Waals surface area contributed by atoms with Crippen LogP contribution in [0.1, 0.15) is 23.1 Å². The maximum Gasteiger partial charge on any atom is 0.416 e. The zero-order valence-electron chi connectivity index (χ0n) is 15.2. The van der Waals surface area contributed by atoms with Gasteiger partial charge in [-0.25, -0.2) is 4.99 Å². The number of alkyl halides is 3. The highest BCUT2D eigenvalue weighted by Crippen LogP contribution is 2.32. The normalized spacial score (nSPS) is 14.1. The molecule has 5 nitrogen and oxygen atoms in total. The van der Waals surface area contributed by atoms with Crippen LogP contribution in [0.2, 0.25) is 0 Å². The summed E-state index contributed by atoms with van der Waals surface area (Å²) in [6.07, 6.45) is -3.54. The smallest absolute Gasteiger partial charge is 0.416 e. The zero-order chi connectivity index (χ0) is 19.4. The molecule has 0 saturated heterocycles. The van der Waals surface area contributed by atoms with E-state index in [-0.39, 0.29) is 36.5 Å². The Morgan fingerprint density at radius 1 is 1.11 bits per heavy atom. The van der Waals surface area contributed by atoms with Crippen molar-refractivity contribution >= 4 is 35.6 Å². The van der Waals surface area contributed by atoms with Gasteiger partial charge in [-0.15, -0.1) is 24.0 Å². The topological polar surface area (TPSA) is 68.9 Å². The monoisotopic (exact) mass is 507 g/mol. The molecule has 0 radical (unpaired) electrons. The summed E-state index contributed by atoms with van der Waals surface area (Å²) in [5.41, 5.74) is 7.09. The van der Waals surface area contributed by atoms with Crippen molar-refractivity contribution < 1.29 is 22.6 Å². The standard InChI is InChI=1S/C19H20F3N3O2.HI/c1-12-9-14(19(20,21)22)4-3-13(12)11-24-18(23)25-15-5-6-16-17(10-15)27-8-2-7-26-16;/h3-6,9-10H,2,7-8,11H2,1H3,(H3,23,24,25);1H. The SMILES string of the molecule is Cc1cc(C(F)(F)F)ccc1CN=C(N)Nc1ccc2c(c1)OCCCO2.I. The average molecular weight is 507 g/mol. The second-order valence-electron chi connectivity index (χ2n) is 6.18. The first-order chi connectivity index (χ1) is 12.8. The number of halogens is 4. The molecule has 0 bridgehead atoms. The fourth-order valence-corrected chi connectivity index (χ4v) is 2.65. The van der Waals surface area contributed by atoms with Gasteiger partial charge >= 0.3 is 6.18 Å². The van der Waals surface area contributed by atoms with Crippen molar-refractivity contribution in [3.8, 4) is 11.5 Å². The Balaban J connectivity index is 0.00000280. The highest BCUT2D eigenvalue weighted by atomic mass is 127. The summed E-state index contributed by atoms with van der Waals surface area (Å²) in [6, 6.07) is 8.92. The second-order valence-corrected chi connectivity index (χ2v) is 6.18. The summed E-state index contributed by atoms with van der Waals surface area (Å²) in [4.78, 5) is 4.20. The van der Waals surface area contributed by atoms with Crippen molar-refractivity contribution in [3.05, 3.63) is 53.1 Å². The number of rotatable bonds is 3. The van der Waals surface area contributed by atoms with Gasteiger partial charge in [0.15, 0.2) is 17.5 Å². The lowest BCUT2D eigenvalue weighted by Crippen LogP contribution is -2.22. The van der Waals surface area contributed by atoms with Crippen LogP contribution in [0.3, 0.4) is 0 Å². The van der Waals surface area contributed by atoms with Gasteiger partial charge in [0.2, 0.25) is 0 Å². The van der Waals surface area contributed by atoms with Crippen LogP contribution >= 0.6 is 24.0 Å². The van der Waals surface area contributed by atoms with Gasteiger partial charge in [-0.05, 0) is 42.3 Å². The molecular formula is C19H21F3IN3O2. The molecule has 0 amide bonds. The van der Waals surface area contributed by atoms with E-state index in [1.807, 2.05) is 0 Å². The Kier molecular flexibility index (Phi) is 7.39. The first kappa shape index (κ1) is 22.1. The van der Waals surface area contributed by atoms with Gasteiger partial charge in [-0.2, -0.15) is 13.2 Å². The van der Waals surface area contributed by atoms with Crippen LogP contribution in [0.25, 0.3) is 0 Å². The number of ether oxygens (including phenoxy) is 2. The lowest BCUT2D eigenvalue weighted by molar-refractivity contribution is -0.137. The van der Waals surface area contributed by atoms with Crippen LogP contribution in [0.15, 0.2) is 41.4 Å². The molecule has 0 aliphatic carbocycles. The fourth-order valence-electron chi connectivity index (χ4n) is 2.65. The van der Waals surface area contributed by atoms with Gasteiger partial charge < -0.3 is 20.5 Å². The van der Waals surface area contributed by atoms with E-state index in [1.165, 1.54) is 6.07 Å². The number of hydrogen-bond acceptors (Lipinski definition) is 3. The number of hydrogen-bond donors (Lipinski definition) is 2. The Labute approximate surface area is 178 Å². The van der Waals surface area contributed by atoms with E-state index in [1.54, 1.807) is 25.1 Å². The molecular weight excluding hydrogens is 486 g/mol. The van der Waals surface area contributed by atoms with Crippen LogP contribution in [0.5, 0.6) is 11.5 Å². The molecule has 28 heavy (non-hydrogen) atoms. The predicted octanol–water partition coefficient (Wildman–Crippen LogP) is 4.72. The van der Waals surface area contributed by atoms with Gasteiger partial charge in [0, 0.05) is 18.2 Å². The van der Waals surface area contributed by atoms with Gasteiger partial charge in [-0.1, -0.05) is 6.07 Å².